The van der Waals surface area contributed by atoms with Crippen molar-refractivity contribution < 1.29 is 13.9 Å². The monoisotopic (exact) mass is 436 g/mol. The Morgan fingerprint density at radius 2 is 2.09 bits per heavy atom. The van der Waals surface area contributed by atoms with Crippen LogP contribution in [-0.4, -0.2) is 76.3 Å². The van der Waals surface area contributed by atoms with Crippen LogP contribution < -0.4 is 9.64 Å². The van der Waals surface area contributed by atoms with Gasteiger partial charge in [-0.2, -0.15) is 5.10 Å². The van der Waals surface area contributed by atoms with Gasteiger partial charge in [-0.15, -0.1) is 0 Å². The van der Waals surface area contributed by atoms with Crippen LogP contribution in [0.2, 0.25) is 0 Å². The molecule has 166 valence electrons. The molecule has 0 N–H and O–H groups in total. The first-order valence-corrected chi connectivity index (χ1v) is 11.0. The van der Waals surface area contributed by atoms with Crippen LogP contribution in [0.1, 0.15) is 12.0 Å². The number of fused-ring (bicyclic) bond motifs is 3. The Bertz CT molecular complexity index is 1120. The van der Waals surface area contributed by atoms with E-state index in [9.17, 15) is 4.39 Å². The fourth-order valence-corrected chi connectivity index (χ4v) is 4.71. The van der Waals surface area contributed by atoms with Gasteiger partial charge in [-0.3, -0.25) is 4.90 Å². The molecule has 3 aliphatic heterocycles. The van der Waals surface area contributed by atoms with Crippen molar-refractivity contribution in [1.29, 1.82) is 0 Å². The standard InChI is InChI=1S/C23H25FN6O2/c1-28(17-13-31-14-17)20-6-8-29(11-19(20)24)16-4-5-21(26-9-16)30-10-15-12-32-23-18(22(15)27-30)3-2-7-25-23/h2-5,7,9-10,17,19-20H,6,8,11-14H2,1H3. The van der Waals surface area contributed by atoms with Crippen molar-refractivity contribution in [3.05, 3.63) is 48.4 Å². The first-order valence-electron chi connectivity index (χ1n) is 11.0. The Morgan fingerprint density at radius 3 is 2.84 bits per heavy atom. The van der Waals surface area contributed by atoms with Gasteiger partial charge in [-0.05, 0) is 37.7 Å². The lowest BCUT2D eigenvalue weighted by atomic mass is 9.99. The lowest BCUT2D eigenvalue weighted by Gasteiger charge is -2.45. The van der Waals surface area contributed by atoms with E-state index in [1.165, 1.54) is 0 Å². The maximum atomic E-state index is 15.0. The fourth-order valence-electron chi connectivity index (χ4n) is 4.71. The van der Waals surface area contributed by atoms with Crippen molar-refractivity contribution in [3.63, 3.8) is 0 Å². The Hall–Kier alpha value is -3.04. The van der Waals surface area contributed by atoms with Gasteiger partial charge in [0.1, 0.15) is 18.5 Å². The van der Waals surface area contributed by atoms with Gasteiger partial charge in [0.2, 0.25) is 5.88 Å². The molecule has 0 aliphatic carbocycles. The Balaban J connectivity index is 1.17. The molecule has 0 amide bonds. The first-order chi connectivity index (χ1) is 15.7. The third-order valence-corrected chi connectivity index (χ3v) is 6.74. The zero-order valence-corrected chi connectivity index (χ0v) is 17.9. The maximum absolute atomic E-state index is 15.0. The second-order valence-electron chi connectivity index (χ2n) is 8.64. The van der Waals surface area contributed by atoms with E-state index in [0.29, 0.717) is 44.1 Å². The zero-order chi connectivity index (χ0) is 21.7. The molecular weight excluding hydrogens is 411 g/mol. The molecule has 32 heavy (non-hydrogen) atoms. The van der Waals surface area contributed by atoms with E-state index in [1.54, 1.807) is 17.1 Å². The molecule has 3 aliphatic rings. The number of ether oxygens (including phenoxy) is 2. The molecule has 0 bridgehead atoms. The molecule has 0 aromatic carbocycles. The number of rotatable bonds is 4. The summed E-state index contributed by atoms with van der Waals surface area (Å²) in [6.45, 7) is 3.04. The molecule has 0 spiro atoms. The summed E-state index contributed by atoms with van der Waals surface area (Å²) in [5.41, 5.74) is 3.69. The van der Waals surface area contributed by atoms with Crippen LogP contribution in [0.15, 0.2) is 42.9 Å². The number of nitrogens with zero attached hydrogens (tertiary/aromatic N) is 6. The number of likely N-dealkylation sites (N-methyl/N-ethyl adjacent to an activating group) is 1. The first kappa shape index (κ1) is 19.6. The quantitative estimate of drug-likeness (QED) is 0.622. The van der Waals surface area contributed by atoms with Crippen LogP contribution in [-0.2, 0) is 11.3 Å². The van der Waals surface area contributed by atoms with Gasteiger partial charge in [-0.25, -0.2) is 19.0 Å². The summed E-state index contributed by atoms with van der Waals surface area (Å²) in [5, 5.41) is 4.72. The summed E-state index contributed by atoms with van der Waals surface area (Å²) < 4.78 is 27.7. The van der Waals surface area contributed by atoms with Crippen molar-refractivity contribution >= 4 is 5.69 Å². The number of halogens is 1. The SMILES string of the molecule is CN(C1COC1)C1CCN(c2ccc(-n3cc4c(n3)-c3cccnc3OC4)nc2)CC1F. The highest BCUT2D eigenvalue weighted by molar-refractivity contribution is 5.69. The molecular formula is C23H25FN6O2. The summed E-state index contributed by atoms with van der Waals surface area (Å²) >= 11 is 0. The zero-order valence-electron chi connectivity index (χ0n) is 17.9. The molecule has 2 fully saturated rings. The van der Waals surface area contributed by atoms with Crippen molar-refractivity contribution in [2.24, 2.45) is 0 Å². The van der Waals surface area contributed by atoms with E-state index in [1.807, 2.05) is 37.5 Å². The third kappa shape index (κ3) is 3.32. The van der Waals surface area contributed by atoms with Crippen LogP contribution in [0.5, 0.6) is 5.88 Å². The number of anilines is 1. The number of hydrogen-bond acceptors (Lipinski definition) is 7. The molecule has 0 saturated carbocycles. The van der Waals surface area contributed by atoms with Gasteiger partial charge < -0.3 is 14.4 Å². The van der Waals surface area contributed by atoms with Gasteiger partial charge in [0, 0.05) is 30.5 Å². The molecule has 9 heteroatoms. The van der Waals surface area contributed by atoms with E-state index in [-0.39, 0.29) is 6.04 Å². The van der Waals surface area contributed by atoms with E-state index >= 15 is 0 Å². The molecule has 2 atom stereocenters. The third-order valence-electron chi connectivity index (χ3n) is 6.74. The van der Waals surface area contributed by atoms with E-state index in [0.717, 1.165) is 35.5 Å². The van der Waals surface area contributed by atoms with Crippen LogP contribution >= 0.6 is 0 Å². The normalized spacial score (nSPS) is 22.8. The van der Waals surface area contributed by atoms with Crippen molar-refractivity contribution in [2.45, 2.75) is 31.3 Å². The number of hydrogen-bond donors (Lipinski definition) is 0. The van der Waals surface area contributed by atoms with Crippen LogP contribution in [0.25, 0.3) is 17.1 Å². The average molecular weight is 436 g/mol. The summed E-state index contributed by atoms with van der Waals surface area (Å²) in [5.74, 6) is 1.32. The van der Waals surface area contributed by atoms with Gasteiger partial charge >= 0.3 is 0 Å². The Morgan fingerprint density at radius 1 is 1.19 bits per heavy atom. The molecule has 2 unspecified atom stereocenters. The lowest BCUT2D eigenvalue weighted by Crippen LogP contribution is -2.58. The maximum Gasteiger partial charge on any atom is 0.223 e. The largest absolute Gasteiger partial charge is 0.472 e. The topological polar surface area (TPSA) is 68.5 Å². The van der Waals surface area contributed by atoms with E-state index in [2.05, 4.69) is 19.8 Å². The van der Waals surface area contributed by atoms with Gasteiger partial charge in [-0.1, -0.05) is 0 Å². The van der Waals surface area contributed by atoms with E-state index < -0.39 is 6.17 Å². The Labute approximate surface area is 185 Å². The van der Waals surface area contributed by atoms with Crippen LogP contribution in [0, 0.1) is 0 Å². The smallest absolute Gasteiger partial charge is 0.223 e. The number of piperidine rings is 1. The molecule has 3 aromatic heterocycles. The minimum Gasteiger partial charge on any atom is -0.472 e. The van der Waals surface area contributed by atoms with E-state index in [4.69, 9.17) is 14.6 Å². The number of alkyl halides is 1. The van der Waals surface area contributed by atoms with Crippen LogP contribution in [0.4, 0.5) is 10.1 Å². The summed E-state index contributed by atoms with van der Waals surface area (Å²) in [4.78, 5) is 13.1. The fraction of sp³-hybridized carbons (Fsp3) is 0.435. The molecule has 0 radical (unpaired) electrons. The van der Waals surface area contributed by atoms with Gasteiger partial charge in [0.25, 0.3) is 0 Å². The minimum absolute atomic E-state index is 0.0534. The van der Waals surface area contributed by atoms with Gasteiger partial charge in [0.15, 0.2) is 5.82 Å². The average Bonchev–Trinajstić information content (AvgIpc) is 3.23. The number of aromatic nitrogens is 4. The summed E-state index contributed by atoms with van der Waals surface area (Å²) in [7, 11) is 2.01. The Kier molecular flexibility index (Phi) is 4.80. The van der Waals surface area contributed by atoms with Crippen molar-refractivity contribution in [2.75, 3.05) is 38.3 Å². The summed E-state index contributed by atoms with van der Waals surface area (Å²) in [6.07, 6.45) is 5.34. The highest BCUT2D eigenvalue weighted by atomic mass is 19.1. The molecule has 3 aromatic rings. The molecule has 6 rings (SSSR count). The second-order valence-corrected chi connectivity index (χ2v) is 8.64. The molecule has 6 heterocycles. The van der Waals surface area contributed by atoms with Crippen molar-refractivity contribution in [1.82, 2.24) is 24.6 Å². The van der Waals surface area contributed by atoms with Crippen LogP contribution in [0.3, 0.4) is 0 Å². The second kappa shape index (κ2) is 7.83. The van der Waals surface area contributed by atoms with Crippen molar-refractivity contribution in [3.8, 4) is 23.0 Å². The van der Waals surface area contributed by atoms with Gasteiger partial charge in [0.05, 0.1) is 43.2 Å². The predicted molar refractivity (Wildman–Crippen MR) is 117 cm³/mol. The number of pyridine rings is 2. The highest BCUT2D eigenvalue weighted by Gasteiger charge is 2.37. The lowest BCUT2D eigenvalue weighted by molar-refractivity contribution is -0.0812. The molecule has 8 nitrogen and oxygen atoms in total. The highest BCUT2D eigenvalue weighted by Crippen LogP contribution is 2.35. The predicted octanol–water partition coefficient (Wildman–Crippen LogP) is 2.47. The summed E-state index contributed by atoms with van der Waals surface area (Å²) in [6, 6.07) is 8.05. The minimum atomic E-state index is -0.902. The molecule has 2 saturated heterocycles.